The fraction of sp³-hybridized carbons (Fsp3) is 0.154. The number of benzene rings is 1. The minimum Gasteiger partial charge on any atom is -0.258 e. The van der Waals surface area contributed by atoms with Crippen molar-refractivity contribution in [2.24, 2.45) is 9.98 Å². The van der Waals surface area contributed by atoms with Gasteiger partial charge in [0.25, 0.3) is 16.5 Å². The van der Waals surface area contributed by atoms with Crippen molar-refractivity contribution in [2.75, 3.05) is 14.1 Å². The van der Waals surface area contributed by atoms with Gasteiger partial charge in [-0.25, -0.2) is 9.59 Å². The van der Waals surface area contributed by atoms with E-state index in [9.17, 15) is 29.8 Å². The Morgan fingerprint density at radius 2 is 1.85 bits per heavy atom. The SMILES string of the molecule is CN1C(=O)C2=NC(Sc3ccc([N+](=O)[O-])cc3[N+](=O)[O-])=NC2=[N+](C)C1=O. The van der Waals surface area contributed by atoms with E-state index >= 15 is 0 Å². The number of rotatable bonds is 3. The number of carbonyl (C=O) groups is 2. The van der Waals surface area contributed by atoms with Gasteiger partial charge in [0, 0.05) is 6.07 Å². The maximum Gasteiger partial charge on any atom is 0.446 e. The Hall–Kier alpha value is -3.48. The van der Waals surface area contributed by atoms with E-state index in [0.29, 0.717) is 0 Å². The van der Waals surface area contributed by atoms with Crippen molar-refractivity contribution in [3.05, 3.63) is 38.4 Å². The molecule has 2 aliphatic heterocycles. The third kappa shape index (κ3) is 2.73. The summed E-state index contributed by atoms with van der Waals surface area (Å²) in [6, 6.07) is 2.58. The minimum absolute atomic E-state index is 0.00949. The summed E-state index contributed by atoms with van der Waals surface area (Å²) in [6.45, 7) is 0. The van der Waals surface area contributed by atoms with Crippen LogP contribution in [0.2, 0.25) is 0 Å². The molecule has 1 aromatic carbocycles. The van der Waals surface area contributed by atoms with Gasteiger partial charge in [0.2, 0.25) is 5.71 Å². The van der Waals surface area contributed by atoms with Crippen LogP contribution in [-0.4, -0.2) is 62.1 Å². The Labute approximate surface area is 148 Å². The second-order valence-corrected chi connectivity index (χ2v) is 6.16. The highest BCUT2D eigenvalue weighted by Crippen LogP contribution is 2.34. The first-order valence-corrected chi connectivity index (χ1v) is 7.73. The molecule has 0 saturated carbocycles. The molecule has 13 heteroatoms. The summed E-state index contributed by atoms with van der Waals surface area (Å²) in [5.41, 5.74) is -0.965. The number of aliphatic imine (C=N–C) groups is 2. The number of nitro groups is 2. The van der Waals surface area contributed by atoms with Crippen molar-refractivity contribution in [1.29, 1.82) is 0 Å². The van der Waals surface area contributed by atoms with Crippen LogP contribution >= 0.6 is 11.8 Å². The van der Waals surface area contributed by atoms with E-state index < -0.39 is 33.2 Å². The highest BCUT2D eigenvalue weighted by molar-refractivity contribution is 8.14. The number of amidine groups is 2. The molecule has 2 heterocycles. The van der Waals surface area contributed by atoms with Gasteiger partial charge in [-0.05, 0) is 17.8 Å². The highest BCUT2D eigenvalue weighted by atomic mass is 32.2. The molecule has 0 spiro atoms. The number of fused-ring (bicyclic) bond motifs is 1. The number of carbonyl (C=O) groups excluding carboxylic acids is 2. The summed E-state index contributed by atoms with van der Waals surface area (Å²) < 4.78 is 1.14. The van der Waals surface area contributed by atoms with E-state index in [2.05, 4.69) is 9.98 Å². The van der Waals surface area contributed by atoms with Crippen LogP contribution in [0.15, 0.2) is 33.1 Å². The van der Waals surface area contributed by atoms with Crippen molar-refractivity contribution >= 4 is 51.8 Å². The molecule has 26 heavy (non-hydrogen) atoms. The summed E-state index contributed by atoms with van der Waals surface area (Å²) in [6.07, 6.45) is 0. The average Bonchev–Trinajstić information content (AvgIpc) is 3.02. The summed E-state index contributed by atoms with van der Waals surface area (Å²) >= 11 is 0.768. The predicted molar refractivity (Wildman–Crippen MR) is 89.8 cm³/mol. The van der Waals surface area contributed by atoms with E-state index in [1.54, 1.807) is 0 Å². The van der Waals surface area contributed by atoms with E-state index in [1.165, 1.54) is 20.2 Å². The van der Waals surface area contributed by atoms with Gasteiger partial charge in [-0.3, -0.25) is 20.2 Å². The van der Waals surface area contributed by atoms with Crippen molar-refractivity contribution in [3.8, 4) is 0 Å². The van der Waals surface area contributed by atoms with Crippen LogP contribution < -0.4 is 0 Å². The number of hydrogen-bond donors (Lipinski definition) is 0. The molecule has 3 rings (SSSR count). The number of nitro benzene ring substituents is 2. The molecule has 0 aliphatic carbocycles. The fourth-order valence-electron chi connectivity index (χ4n) is 2.25. The van der Waals surface area contributed by atoms with E-state index in [0.717, 1.165) is 33.4 Å². The predicted octanol–water partition coefficient (Wildman–Crippen LogP) is 1.04. The molecule has 132 valence electrons. The van der Waals surface area contributed by atoms with Crippen molar-refractivity contribution in [1.82, 2.24) is 4.90 Å². The Kier molecular flexibility index (Phi) is 4.07. The Morgan fingerprint density at radius 3 is 2.46 bits per heavy atom. The molecule has 1 aromatic rings. The van der Waals surface area contributed by atoms with Gasteiger partial charge in [-0.2, -0.15) is 14.5 Å². The quantitative estimate of drug-likeness (QED) is 0.433. The monoisotopic (exact) mass is 377 g/mol. The normalized spacial score (nSPS) is 16.5. The Morgan fingerprint density at radius 1 is 1.15 bits per heavy atom. The van der Waals surface area contributed by atoms with Crippen LogP contribution in [0.4, 0.5) is 16.2 Å². The zero-order valence-electron chi connectivity index (χ0n) is 13.3. The van der Waals surface area contributed by atoms with Gasteiger partial charge in [0.05, 0.1) is 34.9 Å². The van der Waals surface area contributed by atoms with Crippen molar-refractivity contribution in [3.63, 3.8) is 0 Å². The Balaban J connectivity index is 2.00. The van der Waals surface area contributed by atoms with E-state index in [-0.39, 0.29) is 21.6 Å². The molecule has 2 aliphatic rings. The molecule has 3 amide bonds. The number of nitrogens with zero attached hydrogens (tertiary/aromatic N) is 6. The number of amides is 3. The second kappa shape index (κ2) is 6.11. The van der Waals surface area contributed by atoms with Gasteiger partial charge in [0.1, 0.15) is 0 Å². The first-order chi connectivity index (χ1) is 12.2. The number of urea groups is 1. The van der Waals surface area contributed by atoms with Crippen LogP contribution in [0.5, 0.6) is 0 Å². The smallest absolute Gasteiger partial charge is 0.258 e. The zero-order chi connectivity index (χ0) is 19.2. The summed E-state index contributed by atoms with van der Waals surface area (Å²) in [5.74, 6) is -0.592. The maximum atomic E-state index is 12.1. The first-order valence-electron chi connectivity index (χ1n) is 6.92. The molecule has 0 radical (unpaired) electrons. The maximum absolute atomic E-state index is 12.1. The van der Waals surface area contributed by atoms with Crippen LogP contribution in [0, 0.1) is 20.2 Å². The topological polar surface area (TPSA) is 151 Å². The standard InChI is InChI=1S/C13H9N6O6S/c1-16-10-9(11(20)17(2)13(16)21)14-12(15-10)26-8-4-3-6(18(22)23)5-7(8)19(24)25/h3-5H,1-2H3/q+1. The lowest BCUT2D eigenvalue weighted by molar-refractivity contribution is -0.401. The van der Waals surface area contributed by atoms with Crippen LogP contribution in [-0.2, 0) is 4.79 Å². The molecule has 0 aromatic heterocycles. The molecular formula is C13H9N6O6S+. The van der Waals surface area contributed by atoms with Crippen LogP contribution in [0.25, 0.3) is 0 Å². The third-order valence-electron chi connectivity index (χ3n) is 3.57. The second-order valence-electron chi connectivity index (χ2n) is 5.15. The molecule has 0 saturated heterocycles. The number of imide groups is 1. The lowest BCUT2D eigenvalue weighted by atomic mass is 10.2. The van der Waals surface area contributed by atoms with Gasteiger partial charge in [0.15, 0.2) is 0 Å². The summed E-state index contributed by atoms with van der Waals surface area (Å²) in [7, 11) is 2.72. The molecule has 0 fully saturated rings. The molecule has 0 unspecified atom stereocenters. The number of non-ortho nitro benzene ring substituents is 1. The average molecular weight is 377 g/mol. The molecular weight excluding hydrogens is 368 g/mol. The third-order valence-corrected chi connectivity index (χ3v) is 4.50. The molecule has 12 nitrogen and oxygen atoms in total. The lowest BCUT2D eigenvalue weighted by Crippen LogP contribution is -2.51. The van der Waals surface area contributed by atoms with E-state index in [1.807, 2.05) is 0 Å². The molecule has 0 atom stereocenters. The largest absolute Gasteiger partial charge is 0.446 e. The first kappa shape index (κ1) is 17.3. The van der Waals surface area contributed by atoms with E-state index in [4.69, 9.17) is 0 Å². The van der Waals surface area contributed by atoms with Gasteiger partial charge >= 0.3 is 17.8 Å². The summed E-state index contributed by atoms with van der Waals surface area (Å²) in [5, 5.41) is 22.0. The lowest BCUT2D eigenvalue weighted by Gasteiger charge is -2.15. The Bertz CT molecular complexity index is 997. The molecule has 0 bridgehead atoms. The van der Waals surface area contributed by atoms with Gasteiger partial charge < -0.3 is 0 Å². The highest BCUT2D eigenvalue weighted by Gasteiger charge is 2.44. The number of thioether (sulfide) groups is 1. The summed E-state index contributed by atoms with van der Waals surface area (Å²) in [4.78, 5) is 53.5. The van der Waals surface area contributed by atoms with Crippen LogP contribution in [0.3, 0.4) is 0 Å². The number of hydrogen-bond acceptors (Lipinski definition) is 9. The van der Waals surface area contributed by atoms with Gasteiger partial charge in [-0.1, -0.05) is 4.99 Å². The molecule has 0 N–H and O–H groups in total. The van der Waals surface area contributed by atoms with Crippen molar-refractivity contribution in [2.45, 2.75) is 4.90 Å². The van der Waals surface area contributed by atoms with Crippen molar-refractivity contribution < 1.29 is 24.0 Å². The minimum atomic E-state index is -0.757. The van der Waals surface area contributed by atoms with Crippen LogP contribution in [0.1, 0.15) is 0 Å². The zero-order valence-corrected chi connectivity index (χ0v) is 14.1. The van der Waals surface area contributed by atoms with Gasteiger partial charge in [-0.15, -0.1) is 0 Å². The fourth-order valence-corrected chi connectivity index (χ4v) is 3.08.